The van der Waals surface area contributed by atoms with Crippen molar-refractivity contribution in [1.29, 1.82) is 0 Å². The zero-order valence-electron chi connectivity index (χ0n) is 10.9. The Labute approximate surface area is 98.5 Å². The van der Waals surface area contributed by atoms with Crippen molar-refractivity contribution in [3.8, 4) is 0 Å². The monoisotopic (exact) mass is 228 g/mol. The van der Waals surface area contributed by atoms with Crippen molar-refractivity contribution in [2.24, 2.45) is 11.3 Å². The fraction of sp³-hybridized carbons (Fsp3) is 0.923. The highest BCUT2D eigenvalue weighted by molar-refractivity contribution is 5.78. The number of methoxy groups -OCH3 is 1. The van der Waals surface area contributed by atoms with Gasteiger partial charge in [-0.05, 0) is 31.6 Å². The van der Waals surface area contributed by atoms with Gasteiger partial charge in [-0.2, -0.15) is 0 Å². The van der Waals surface area contributed by atoms with Gasteiger partial charge in [0.2, 0.25) is 0 Å². The predicted octanol–water partition coefficient (Wildman–Crippen LogP) is 2.78. The lowest BCUT2D eigenvalue weighted by Crippen LogP contribution is -2.45. The summed E-state index contributed by atoms with van der Waals surface area (Å²) in [6.07, 6.45) is 3.96. The average molecular weight is 228 g/mol. The van der Waals surface area contributed by atoms with E-state index in [4.69, 9.17) is 9.47 Å². The fourth-order valence-electron chi connectivity index (χ4n) is 2.81. The Balaban J connectivity index is 2.85. The maximum absolute atomic E-state index is 12.0. The molecule has 2 atom stereocenters. The minimum atomic E-state index is -0.413. The summed E-state index contributed by atoms with van der Waals surface area (Å²) in [4.78, 5) is 12.0. The number of hydrogen-bond acceptors (Lipinski definition) is 3. The number of ether oxygens (including phenoxy) is 2. The Hall–Kier alpha value is -0.570. The second kappa shape index (κ2) is 5.67. The lowest BCUT2D eigenvalue weighted by Gasteiger charge is -2.36. The van der Waals surface area contributed by atoms with E-state index in [1.54, 1.807) is 0 Å². The first-order chi connectivity index (χ1) is 7.59. The molecule has 0 aliphatic heterocycles. The molecule has 1 saturated carbocycles. The van der Waals surface area contributed by atoms with Gasteiger partial charge in [-0.25, -0.2) is 0 Å². The van der Waals surface area contributed by atoms with Gasteiger partial charge < -0.3 is 9.47 Å². The van der Waals surface area contributed by atoms with Gasteiger partial charge in [-0.15, -0.1) is 0 Å². The van der Waals surface area contributed by atoms with Gasteiger partial charge >= 0.3 is 5.97 Å². The van der Waals surface area contributed by atoms with Crippen LogP contribution in [-0.2, 0) is 14.3 Å². The molecule has 0 saturated heterocycles. The van der Waals surface area contributed by atoms with Crippen LogP contribution >= 0.6 is 0 Å². The first-order valence-electron chi connectivity index (χ1n) is 6.29. The van der Waals surface area contributed by atoms with Gasteiger partial charge in [0.1, 0.15) is 0 Å². The summed E-state index contributed by atoms with van der Waals surface area (Å²) in [7, 11) is 1.47. The standard InChI is InChI=1S/C13H24O3/c1-5-9-16-11-7-6-8-13(11,10(2)3)12(14)15-4/h10-11H,5-9H2,1-4H3. The summed E-state index contributed by atoms with van der Waals surface area (Å²) in [5.74, 6) is 0.172. The molecule has 3 heteroatoms. The molecule has 0 bridgehead atoms. The molecule has 0 amide bonds. The van der Waals surface area contributed by atoms with Crippen molar-refractivity contribution in [3.05, 3.63) is 0 Å². The Kier molecular flexibility index (Phi) is 4.78. The summed E-state index contributed by atoms with van der Waals surface area (Å²) in [5.41, 5.74) is -0.413. The smallest absolute Gasteiger partial charge is 0.314 e. The van der Waals surface area contributed by atoms with Crippen molar-refractivity contribution in [2.45, 2.75) is 52.6 Å². The number of carbonyl (C=O) groups is 1. The molecule has 0 N–H and O–H groups in total. The third kappa shape index (κ3) is 2.24. The molecule has 1 aliphatic rings. The molecule has 0 aromatic carbocycles. The van der Waals surface area contributed by atoms with Crippen molar-refractivity contribution in [2.75, 3.05) is 13.7 Å². The van der Waals surface area contributed by atoms with Crippen molar-refractivity contribution >= 4 is 5.97 Å². The van der Waals surface area contributed by atoms with E-state index in [-0.39, 0.29) is 18.0 Å². The number of carbonyl (C=O) groups excluding carboxylic acids is 1. The van der Waals surface area contributed by atoms with Gasteiger partial charge in [-0.1, -0.05) is 20.8 Å². The average Bonchev–Trinajstić information content (AvgIpc) is 2.69. The van der Waals surface area contributed by atoms with E-state index in [1.807, 2.05) is 0 Å². The predicted molar refractivity (Wildman–Crippen MR) is 63.2 cm³/mol. The van der Waals surface area contributed by atoms with E-state index >= 15 is 0 Å². The van der Waals surface area contributed by atoms with Crippen LogP contribution in [0.25, 0.3) is 0 Å². The molecule has 1 fully saturated rings. The maximum Gasteiger partial charge on any atom is 0.314 e. The summed E-state index contributed by atoms with van der Waals surface area (Å²) in [6.45, 7) is 7.00. The maximum atomic E-state index is 12.0. The Morgan fingerprint density at radius 2 is 2.19 bits per heavy atom. The lowest BCUT2D eigenvalue weighted by atomic mass is 9.74. The van der Waals surface area contributed by atoms with E-state index in [9.17, 15) is 4.79 Å². The molecule has 2 unspecified atom stereocenters. The number of hydrogen-bond donors (Lipinski definition) is 0. The molecule has 0 spiro atoms. The van der Waals surface area contributed by atoms with Crippen LogP contribution in [0.1, 0.15) is 46.5 Å². The van der Waals surface area contributed by atoms with Gasteiger partial charge in [-0.3, -0.25) is 4.79 Å². The molecule has 16 heavy (non-hydrogen) atoms. The van der Waals surface area contributed by atoms with Crippen LogP contribution < -0.4 is 0 Å². The fourth-order valence-corrected chi connectivity index (χ4v) is 2.81. The van der Waals surface area contributed by atoms with Crippen molar-refractivity contribution in [1.82, 2.24) is 0 Å². The molecule has 0 radical (unpaired) electrons. The summed E-state index contributed by atoms with van der Waals surface area (Å²) < 4.78 is 10.8. The highest BCUT2D eigenvalue weighted by Gasteiger charge is 2.52. The zero-order valence-corrected chi connectivity index (χ0v) is 10.9. The Morgan fingerprint density at radius 1 is 1.50 bits per heavy atom. The van der Waals surface area contributed by atoms with Crippen LogP contribution in [-0.4, -0.2) is 25.8 Å². The molecule has 94 valence electrons. The van der Waals surface area contributed by atoms with Crippen LogP contribution in [0.5, 0.6) is 0 Å². The molecular formula is C13H24O3. The highest BCUT2D eigenvalue weighted by Crippen LogP contribution is 2.47. The normalized spacial score (nSPS) is 29.7. The van der Waals surface area contributed by atoms with E-state index in [1.165, 1.54) is 7.11 Å². The van der Waals surface area contributed by atoms with Gasteiger partial charge in [0.05, 0.1) is 18.6 Å². The highest BCUT2D eigenvalue weighted by atomic mass is 16.5. The van der Waals surface area contributed by atoms with E-state index in [2.05, 4.69) is 20.8 Å². The number of esters is 1. The van der Waals surface area contributed by atoms with E-state index in [0.29, 0.717) is 0 Å². The third-order valence-electron chi connectivity index (χ3n) is 3.75. The molecule has 1 rings (SSSR count). The second-order valence-corrected chi connectivity index (χ2v) is 4.94. The van der Waals surface area contributed by atoms with E-state index < -0.39 is 5.41 Å². The topological polar surface area (TPSA) is 35.5 Å². The van der Waals surface area contributed by atoms with Gasteiger partial charge in [0.25, 0.3) is 0 Å². The number of rotatable bonds is 5. The first-order valence-corrected chi connectivity index (χ1v) is 6.29. The molecule has 3 nitrogen and oxygen atoms in total. The first kappa shape index (κ1) is 13.5. The van der Waals surface area contributed by atoms with Crippen LogP contribution in [0.15, 0.2) is 0 Å². The Morgan fingerprint density at radius 3 is 2.69 bits per heavy atom. The summed E-state index contributed by atoms with van der Waals surface area (Å²) in [6, 6.07) is 0. The van der Waals surface area contributed by atoms with Crippen LogP contribution in [0.4, 0.5) is 0 Å². The van der Waals surface area contributed by atoms with Gasteiger partial charge in [0.15, 0.2) is 0 Å². The van der Waals surface area contributed by atoms with Crippen molar-refractivity contribution < 1.29 is 14.3 Å². The molecule has 0 aromatic rings. The molecule has 0 aromatic heterocycles. The van der Waals surface area contributed by atoms with Crippen LogP contribution in [0.3, 0.4) is 0 Å². The second-order valence-electron chi connectivity index (χ2n) is 4.94. The SMILES string of the molecule is CCCOC1CCCC1(C(=O)OC)C(C)C. The Bertz CT molecular complexity index is 237. The molecular weight excluding hydrogens is 204 g/mol. The third-order valence-corrected chi connectivity index (χ3v) is 3.75. The minimum Gasteiger partial charge on any atom is -0.469 e. The van der Waals surface area contributed by atoms with E-state index in [0.717, 1.165) is 32.3 Å². The minimum absolute atomic E-state index is 0.0416. The molecule has 1 aliphatic carbocycles. The summed E-state index contributed by atoms with van der Waals surface area (Å²) >= 11 is 0. The molecule has 0 heterocycles. The van der Waals surface area contributed by atoms with Gasteiger partial charge in [0, 0.05) is 6.61 Å². The quantitative estimate of drug-likeness (QED) is 0.679. The van der Waals surface area contributed by atoms with Crippen LogP contribution in [0, 0.1) is 11.3 Å². The summed E-state index contributed by atoms with van der Waals surface area (Å²) in [5, 5.41) is 0. The van der Waals surface area contributed by atoms with Crippen molar-refractivity contribution in [3.63, 3.8) is 0 Å². The largest absolute Gasteiger partial charge is 0.469 e. The van der Waals surface area contributed by atoms with Crippen LogP contribution in [0.2, 0.25) is 0 Å². The zero-order chi connectivity index (χ0) is 12.2. The lowest BCUT2D eigenvalue weighted by molar-refractivity contribution is -0.166.